The van der Waals surface area contributed by atoms with E-state index in [4.69, 9.17) is 0 Å². The van der Waals surface area contributed by atoms with Crippen molar-refractivity contribution < 1.29 is 0 Å². The van der Waals surface area contributed by atoms with Crippen molar-refractivity contribution in [2.24, 2.45) is 10.8 Å². The summed E-state index contributed by atoms with van der Waals surface area (Å²) in [7, 11) is 0. The molecule has 2 aliphatic rings. The lowest BCUT2D eigenvalue weighted by Crippen LogP contribution is -2.61. The monoisotopic (exact) mass is 1500 g/mol. The summed E-state index contributed by atoms with van der Waals surface area (Å²) in [6.45, 7) is 70.9. The van der Waals surface area contributed by atoms with Crippen molar-refractivity contribution in [2.45, 2.75) is 264 Å². The largest absolute Gasteiger partial charge is 0.311 e. The molecule has 5 nitrogen and oxygen atoms in total. The minimum absolute atomic E-state index is 0.0501. The van der Waals surface area contributed by atoms with Gasteiger partial charge in [0.15, 0.2) is 0 Å². The molecule has 0 atom stereocenters. The van der Waals surface area contributed by atoms with E-state index in [0.29, 0.717) is 0 Å². The highest BCUT2D eigenvalue weighted by Crippen LogP contribution is 2.52. The average molecular weight is 1510 g/mol. The van der Waals surface area contributed by atoms with E-state index < -0.39 is 0 Å². The predicted octanol–water partition coefficient (Wildman–Crippen LogP) is 28.6. The second-order valence-electron chi connectivity index (χ2n) is 45.1. The van der Waals surface area contributed by atoms with Gasteiger partial charge < -0.3 is 23.5 Å². The topological polar surface area (TPSA) is 21.3 Å². The zero-order valence-electron chi connectivity index (χ0n) is 74.7. The zero-order chi connectivity index (χ0) is 82.1. The van der Waals surface area contributed by atoms with Gasteiger partial charge >= 0.3 is 0 Å². The molecule has 16 rings (SSSR count). The Hall–Kier alpha value is -9.52. The van der Waals surface area contributed by atoms with E-state index in [2.05, 4.69) is 425 Å². The highest BCUT2D eigenvalue weighted by Gasteiger charge is 2.46. The van der Waals surface area contributed by atoms with E-state index in [1.54, 1.807) is 0 Å². The molecule has 0 saturated heterocycles. The molecule has 0 aliphatic carbocycles. The summed E-state index contributed by atoms with van der Waals surface area (Å²) in [6, 6.07) is 79.6. The molecule has 0 N–H and O–H groups in total. The van der Waals surface area contributed by atoms with Crippen LogP contribution in [0.4, 0.5) is 34.1 Å². The number of aromatic nitrogens is 3. The number of benzene rings is 11. The minimum atomic E-state index is -0.216. The Balaban J connectivity index is 1.10. The smallest absolute Gasteiger partial charge is 0.252 e. The van der Waals surface area contributed by atoms with E-state index in [1.165, 1.54) is 160 Å². The van der Waals surface area contributed by atoms with Gasteiger partial charge in [-0.1, -0.05) is 268 Å². The van der Waals surface area contributed by atoms with E-state index >= 15 is 0 Å². The van der Waals surface area contributed by atoms with Gasteiger partial charge in [-0.2, -0.15) is 0 Å². The minimum Gasteiger partial charge on any atom is -0.311 e. The highest BCUT2D eigenvalue weighted by molar-refractivity contribution is 7.00. The number of rotatable bonds is 7. The molecular formula is C108H126BN5. The van der Waals surface area contributed by atoms with Crippen LogP contribution in [-0.4, -0.2) is 20.4 Å². The van der Waals surface area contributed by atoms with E-state index in [-0.39, 0.29) is 60.9 Å². The van der Waals surface area contributed by atoms with E-state index in [0.717, 1.165) is 41.3 Å². The molecule has 0 saturated carbocycles. The van der Waals surface area contributed by atoms with Crippen LogP contribution in [0, 0.1) is 10.8 Å². The Morgan fingerprint density at radius 3 is 0.719 bits per heavy atom. The van der Waals surface area contributed by atoms with Crippen LogP contribution in [0.25, 0.3) is 82.5 Å². The summed E-state index contributed by atoms with van der Waals surface area (Å²) < 4.78 is 7.82. The second-order valence-corrected chi connectivity index (χ2v) is 45.1. The highest BCUT2D eigenvalue weighted by atomic mass is 15.2. The van der Waals surface area contributed by atoms with Crippen molar-refractivity contribution in [1.82, 2.24) is 13.7 Å². The number of fused-ring (bicyclic) bond motifs is 13. The van der Waals surface area contributed by atoms with Gasteiger partial charge in [0.1, 0.15) is 0 Å². The van der Waals surface area contributed by atoms with Gasteiger partial charge in [0.2, 0.25) is 0 Å². The first-order valence-electron chi connectivity index (χ1n) is 42.4. The number of nitrogens with zero attached hydrogens (tertiary/aromatic N) is 5. The van der Waals surface area contributed by atoms with Gasteiger partial charge in [0.25, 0.3) is 6.71 Å². The molecule has 3 aromatic heterocycles. The molecule has 6 heteroatoms. The van der Waals surface area contributed by atoms with Crippen LogP contribution in [0.5, 0.6) is 0 Å². The summed E-state index contributed by atoms with van der Waals surface area (Å²) in [5, 5.41) is 7.70. The zero-order valence-corrected chi connectivity index (χ0v) is 74.7. The van der Waals surface area contributed by atoms with Gasteiger partial charge in [0, 0.05) is 77.8 Å². The Bertz CT molecular complexity index is 5690. The van der Waals surface area contributed by atoms with E-state index in [9.17, 15) is 0 Å². The number of anilines is 6. The summed E-state index contributed by atoms with van der Waals surface area (Å²) in [6.07, 6.45) is 1.94. The standard InChI is InChI=1S/C108H126BN5/c1-99(2,3)63-65-31-41-88-80(47-65)81-48-66(64-100(4,5)6)32-42-89(81)112(88)79-61-96-98-97(62-79)114(78-53-73(107(25,26)27)50-74(54-78)108(28,29)30)95-60-76(111-92-45-35-69(103(13,14)15)57-84(92)85-58-70(104(16,17)18)36-46-93(85)111)38-40-87(95)109(98)86-39-37-75(59-94(86)113(96)77-51-71(105(19,20)21)49-72(52-77)106(22,23)24)110-90-43-33-67(101(7,8)9)55-82(90)83-56-68(102(10,11)12)34-44-91(83)110/h31-62H,63-64H2,1-30H3. The fourth-order valence-corrected chi connectivity index (χ4v) is 18.4. The Morgan fingerprint density at radius 1 is 0.211 bits per heavy atom. The summed E-state index contributed by atoms with van der Waals surface area (Å²) in [4.78, 5) is 5.48. The molecule has 0 unspecified atom stereocenters. The van der Waals surface area contributed by atoms with Gasteiger partial charge in [0.05, 0.1) is 38.8 Å². The fraction of sp³-hybridized carbons (Fsp3) is 0.389. The SMILES string of the molecule is CC(C)(C)Cc1ccc2c(c1)c1cc(CC(C)(C)C)ccc1n2-c1cc2c3c(c1)N(c1cc(C(C)(C)C)cc(C(C)(C)C)c1)c1cc(-n4c5ccc(C(C)(C)C)cc5c5cc(C(C)(C)C)ccc54)ccc1B3c1ccc(-n3c4ccc(C(C)(C)C)cc4c4cc(C(C)(C)C)ccc43)cc1N2c1cc(C(C)(C)C)cc(C(C)(C)C)c1. The van der Waals surface area contributed by atoms with Crippen LogP contribution in [0.15, 0.2) is 194 Å². The summed E-state index contributed by atoms with van der Waals surface area (Å²) in [5.41, 5.74) is 34.0. The molecule has 0 fully saturated rings. The van der Waals surface area contributed by atoms with Crippen molar-refractivity contribution in [3.05, 3.63) is 250 Å². The molecule has 2 aliphatic heterocycles. The van der Waals surface area contributed by atoms with Crippen molar-refractivity contribution in [3.8, 4) is 17.1 Å². The third-order valence-corrected chi connectivity index (χ3v) is 25.0. The summed E-state index contributed by atoms with van der Waals surface area (Å²) >= 11 is 0. The van der Waals surface area contributed by atoms with Crippen molar-refractivity contribution in [2.75, 3.05) is 9.80 Å². The number of hydrogen-bond acceptors (Lipinski definition) is 2. The van der Waals surface area contributed by atoms with Crippen LogP contribution in [0.1, 0.15) is 263 Å². The van der Waals surface area contributed by atoms with Crippen LogP contribution in [0.2, 0.25) is 0 Å². The van der Waals surface area contributed by atoms with Crippen LogP contribution in [-0.2, 0) is 56.2 Å². The third kappa shape index (κ3) is 13.8. The van der Waals surface area contributed by atoms with Crippen molar-refractivity contribution >= 4 is 123 Å². The van der Waals surface area contributed by atoms with Crippen LogP contribution >= 0.6 is 0 Å². The Morgan fingerprint density at radius 2 is 0.456 bits per heavy atom. The fourth-order valence-electron chi connectivity index (χ4n) is 18.4. The maximum absolute atomic E-state index is 2.74. The van der Waals surface area contributed by atoms with Gasteiger partial charge in [-0.3, -0.25) is 0 Å². The molecular weight excluding hydrogens is 1380 g/mol. The van der Waals surface area contributed by atoms with E-state index in [1.807, 2.05) is 0 Å². The maximum Gasteiger partial charge on any atom is 0.252 e. The Kier molecular flexibility index (Phi) is 17.9. The second kappa shape index (κ2) is 26.0. The first kappa shape index (κ1) is 78.4. The van der Waals surface area contributed by atoms with Crippen molar-refractivity contribution in [3.63, 3.8) is 0 Å². The normalized spacial score (nSPS) is 14.2. The molecule has 5 heterocycles. The molecule has 0 amide bonds. The lowest BCUT2D eigenvalue weighted by molar-refractivity contribution is 0.411. The molecule has 11 aromatic carbocycles. The lowest BCUT2D eigenvalue weighted by Gasteiger charge is -2.45. The average Bonchev–Trinajstić information content (AvgIpc) is 0.741. The van der Waals surface area contributed by atoms with Gasteiger partial charge in [-0.15, -0.1) is 0 Å². The predicted molar refractivity (Wildman–Crippen MR) is 499 cm³/mol. The quantitative estimate of drug-likeness (QED) is 0.148. The van der Waals surface area contributed by atoms with Crippen LogP contribution in [0.3, 0.4) is 0 Å². The van der Waals surface area contributed by atoms with Gasteiger partial charge in [-0.25, -0.2) is 0 Å². The molecule has 14 aromatic rings. The molecule has 0 radical (unpaired) electrons. The Labute approximate surface area is 683 Å². The van der Waals surface area contributed by atoms with Crippen molar-refractivity contribution in [1.29, 1.82) is 0 Å². The maximum atomic E-state index is 2.74. The van der Waals surface area contributed by atoms with Gasteiger partial charge in [-0.05, 0) is 272 Å². The van der Waals surface area contributed by atoms with Crippen LogP contribution < -0.4 is 26.2 Å². The molecule has 0 bridgehead atoms. The number of hydrogen-bond donors (Lipinski definition) is 0. The first-order chi connectivity index (χ1) is 52.8. The molecule has 0 spiro atoms. The molecule has 586 valence electrons. The first-order valence-corrected chi connectivity index (χ1v) is 42.4. The lowest BCUT2D eigenvalue weighted by atomic mass is 9.33. The molecule has 114 heavy (non-hydrogen) atoms. The third-order valence-electron chi connectivity index (χ3n) is 25.0. The summed E-state index contributed by atoms with van der Waals surface area (Å²) in [5.74, 6) is 0.